The third kappa shape index (κ3) is 2.44. The first-order chi connectivity index (χ1) is 10.2. The van der Waals surface area contributed by atoms with Crippen LogP contribution in [0.3, 0.4) is 0 Å². The van der Waals surface area contributed by atoms with Crippen LogP contribution in [0.5, 0.6) is 11.5 Å². The van der Waals surface area contributed by atoms with E-state index >= 15 is 0 Å². The van der Waals surface area contributed by atoms with Gasteiger partial charge in [-0.1, -0.05) is 12.8 Å². The van der Waals surface area contributed by atoms with Crippen molar-refractivity contribution in [1.82, 2.24) is 4.98 Å². The van der Waals surface area contributed by atoms with Gasteiger partial charge in [0, 0.05) is 23.0 Å². The molecular formula is C16H21N3O2. The van der Waals surface area contributed by atoms with Gasteiger partial charge in [0.2, 0.25) is 0 Å². The number of nitrogen functional groups attached to an aromatic ring is 1. The van der Waals surface area contributed by atoms with Crippen molar-refractivity contribution in [3.05, 3.63) is 18.3 Å². The normalized spacial score (nSPS) is 15.3. The fraction of sp³-hybridized carbons (Fsp3) is 0.438. The summed E-state index contributed by atoms with van der Waals surface area (Å²) in [6.07, 6.45) is 6.73. The molecule has 3 rings (SSSR count). The summed E-state index contributed by atoms with van der Waals surface area (Å²) in [7, 11) is 3.21. The number of anilines is 2. The highest BCUT2D eigenvalue weighted by Gasteiger charge is 2.19. The molecule has 1 aromatic heterocycles. The summed E-state index contributed by atoms with van der Waals surface area (Å²) < 4.78 is 10.7. The number of methoxy groups -OCH3 is 2. The standard InChI is InChI=1S/C16H21N3O2/c1-20-13-9-12-11(14(17)15(13)21-2)7-8-18-16(12)19-10-5-3-4-6-10/h7-10H,3-6,17H2,1-2H3,(H,18,19). The van der Waals surface area contributed by atoms with Crippen LogP contribution in [0.4, 0.5) is 11.5 Å². The SMILES string of the molecule is COc1cc2c(NC3CCCC3)nccc2c(N)c1OC. The summed E-state index contributed by atoms with van der Waals surface area (Å²) >= 11 is 0. The average Bonchev–Trinajstić information content (AvgIpc) is 3.00. The number of ether oxygens (including phenoxy) is 2. The zero-order valence-electron chi connectivity index (χ0n) is 12.5. The third-order valence-corrected chi connectivity index (χ3v) is 4.14. The quantitative estimate of drug-likeness (QED) is 0.845. The molecule has 2 aromatic rings. The van der Waals surface area contributed by atoms with E-state index in [9.17, 15) is 0 Å². The maximum absolute atomic E-state index is 6.22. The lowest BCUT2D eigenvalue weighted by Crippen LogP contribution is -2.15. The molecule has 0 aliphatic heterocycles. The summed E-state index contributed by atoms with van der Waals surface area (Å²) in [5.41, 5.74) is 6.81. The fourth-order valence-electron chi connectivity index (χ4n) is 3.05. The molecule has 5 nitrogen and oxygen atoms in total. The number of fused-ring (bicyclic) bond motifs is 1. The van der Waals surface area contributed by atoms with Gasteiger partial charge in [-0.25, -0.2) is 4.98 Å². The van der Waals surface area contributed by atoms with E-state index in [4.69, 9.17) is 15.2 Å². The van der Waals surface area contributed by atoms with E-state index in [1.807, 2.05) is 12.1 Å². The molecule has 0 amide bonds. The summed E-state index contributed by atoms with van der Waals surface area (Å²) in [6.45, 7) is 0. The van der Waals surface area contributed by atoms with E-state index in [0.29, 0.717) is 23.2 Å². The summed E-state index contributed by atoms with van der Waals surface area (Å²) in [4.78, 5) is 4.48. The summed E-state index contributed by atoms with van der Waals surface area (Å²) in [5, 5.41) is 5.44. The molecule has 5 heteroatoms. The molecule has 1 fully saturated rings. The number of benzene rings is 1. The highest BCUT2D eigenvalue weighted by molar-refractivity contribution is 6.03. The van der Waals surface area contributed by atoms with Crippen LogP contribution in [-0.4, -0.2) is 25.2 Å². The summed E-state index contributed by atoms with van der Waals surface area (Å²) in [6, 6.07) is 4.35. The van der Waals surface area contributed by atoms with E-state index in [1.54, 1.807) is 20.4 Å². The van der Waals surface area contributed by atoms with Crippen molar-refractivity contribution in [1.29, 1.82) is 0 Å². The molecule has 21 heavy (non-hydrogen) atoms. The van der Waals surface area contributed by atoms with E-state index < -0.39 is 0 Å². The van der Waals surface area contributed by atoms with E-state index in [0.717, 1.165) is 16.6 Å². The van der Waals surface area contributed by atoms with E-state index in [1.165, 1.54) is 25.7 Å². The third-order valence-electron chi connectivity index (χ3n) is 4.14. The molecule has 0 atom stereocenters. The molecule has 0 radical (unpaired) electrons. The number of aromatic nitrogens is 1. The van der Waals surface area contributed by atoms with Crippen LogP contribution in [0.15, 0.2) is 18.3 Å². The van der Waals surface area contributed by atoms with Crippen LogP contribution in [0.2, 0.25) is 0 Å². The minimum absolute atomic E-state index is 0.498. The number of hydrogen-bond donors (Lipinski definition) is 2. The Bertz CT molecular complexity index is 652. The molecule has 1 aliphatic carbocycles. The van der Waals surface area contributed by atoms with Crippen molar-refractivity contribution >= 4 is 22.3 Å². The minimum Gasteiger partial charge on any atom is -0.493 e. The predicted molar refractivity (Wildman–Crippen MR) is 85.1 cm³/mol. The predicted octanol–water partition coefficient (Wildman–Crippen LogP) is 3.19. The Morgan fingerprint density at radius 1 is 1.19 bits per heavy atom. The van der Waals surface area contributed by atoms with E-state index in [-0.39, 0.29) is 0 Å². The van der Waals surface area contributed by atoms with Crippen molar-refractivity contribution < 1.29 is 9.47 Å². The first kappa shape index (κ1) is 13.8. The van der Waals surface area contributed by atoms with Gasteiger partial charge in [0.1, 0.15) is 5.82 Å². The first-order valence-corrected chi connectivity index (χ1v) is 7.30. The van der Waals surface area contributed by atoms with Gasteiger partial charge in [0.05, 0.1) is 19.9 Å². The van der Waals surface area contributed by atoms with Gasteiger partial charge in [0.15, 0.2) is 11.5 Å². The summed E-state index contributed by atoms with van der Waals surface area (Å²) in [5.74, 6) is 2.07. The van der Waals surface area contributed by atoms with Crippen LogP contribution in [-0.2, 0) is 0 Å². The molecule has 1 aromatic carbocycles. The monoisotopic (exact) mass is 287 g/mol. The molecule has 1 aliphatic rings. The molecule has 3 N–H and O–H groups in total. The van der Waals surface area contributed by atoms with Crippen molar-refractivity contribution in [2.24, 2.45) is 0 Å². The number of nitrogens with zero attached hydrogens (tertiary/aromatic N) is 1. The van der Waals surface area contributed by atoms with E-state index in [2.05, 4.69) is 10.3 Å². The molecule has 0 bridgehead atoms. The second kappa shape index (κ2) is 5.68. The van der Waals surface area contributed by atoms with Gasteiger partial charge in [-0.15, -0.1) is 0 Å². The molecule has 0 spiro atoms. The highest BCUT2D eigenvalue weighted by Crippen LogP contribution is 2.41. The zero-order valence-corrected chi connectivity index (χ0v) is 12.5. The van der Waals surface area contributed by atoms with Crippen LogP contribution in [0.1, 0.15) is 25.7 Å². The second-order valence-electron chi connectivity index (χ2n) is 5.41. The number of nitrogens with one attached hydrogen (secondary N) is 1. The molecule has 1 saturated carbocycles. The van der Waals surface area contributed by atoms with Crippen molar-refractivity contribution in [2.45, 2.75) is 31.7 Å². The minimum atomic E-state index is 0.498. The Morgan fingerprint density at radius 3 is 2.62 bits per heavy atom. The Kier molecular flexibility index (Phi) is 3.73. The maximum Gasteiger partial charge on any atom is 0.184 e. The number of hydrogen-bond acceptors (Lipinski definition) is 5. The fourth-order valence-corrected chi connectivity index (χ4v) is 3.05. The number of pyridine rings is 1. The van der Waals surface area contributed by atoms with Gasteiger partial charge in [-0.2, -0.15) is 0 Å². The number of rotatable bonds is 4. The Morgan fingerprint density at radius 2 is 1.95 bits per heavy atom. The largest absolute Gasteiger partial charge is 0.493 e. The lowest BCUT2D eigenvalue weighted by atomic mass is 10.1. The zero-order chi connectivity index (χ0) is 14.8. The van der Waals surface area contributed by atoms with Gasteiger partial charge in [0.25, 0.3) is 0 Å². The molecule has 1 heterocycles. The first-order valence-electron chi connectivity index (χ1n) is 7.30. The molecule has 0 unspecified atom stereocenters. The van der Waals surface area contributed by atoms with Gasteiger partial charge < -0.3 is 20.5 Å². The molecular weight excluding hydrogens is 266 g/mol. The van der Waals surface area contributed by atoms with Gasteiger partial charge in [-0.05, 0) is 25.0 Å². The van der Waals surface area contributed by atoms with Crippen LogP contribution < -0.4 is 20.5 Å². The Balaban J connectivity index is 2.11. The topological polar surface area (TPSA) is 69.4 Å². The average molecular weight is 287 g/mol. The van der Waals surface area contributed by atoms with Crippen LogP contribution >= 0.6 is 0 Å². The Hall–Kier alpha value is -2.17. The van der Waals surface area contributed by atoms with Crippen molar-refractivity contribution in [2.75, 3.05) is 25.3 Å². The molecule has 0 saturated heterocycles. The van der Waals surface area contributed by atoms with Crippen LogP contribution in [0.25, 0.3) is 10.8 Å². The van der Waals surface area contributed by atoms with Crippen molar-refractivity contribution in [3.63, 3.8) is 0 Å². The van der Waals surface area contributed by atoms with Crippen LogP contribution in [0, 0.1) is 0 Å². The maximum atomic E-state index is 6.22. The van der Waals surface area contributed by atoms with Crippen molar-refractivity contribution in [3.8, 4) is 11.5 Å². The Labute approximate surface area is 124 Å². The molecule has 112 valence electrons. The van der Waals surface area contributed by atoms with Gasteiger partial charge >= 0.3 is 0 Å². The highest BCUT2D eigenvalue weighted by atomic mass is 16.5. The second-order valence-corrected chi connectivity index (χ2v) is 5.41. The lowest BCUT2D eigenvalue weighted by Gasteiger charge is -2.17. The smallest absolute Gasteiger partial charge is 0.184 e. The van der Waals surface area contributed by atoms with Gasteiger partial charge in [-0.3, -0.25) is 0 Å². The lowest BCUT2D eigenvalue weighted by molar-refractivity contribution is 0.357. The number of nitrogens with two attached hydrogens (primary N) is 1.